The predicted octanol–water partition coefficient (Wildman–Crippen LogP) is 4.05. The number of para-hydroxylation sites is 1. The minimum Gasteiger partial charge on any atom is -0.383 e. The van der Waals surface area contributed by atoms with Crippen molar-refractivity contribution in [2.24, 2.45) is 0 Å². The van der Waals surface area contributed by atoms with Crippen molar-refractivity contribution in [2.75, 3.05) is 45.8 Å². The molecule has 1 aliphatic rings. The number of halogens is 2. The molecule has 0 saturated carbocycles. The third-order valence-electron chi connectivity index (χ3n) is 6.03. The standard InChI is InChI=1S/C25H29ClFN5O3/c1-34-13-12-31-14-20(17-8-10-18(27)11-9-17)21(15-31)28-25(33)29-24-23(26)22(16-35-2)30-32(24)19-6-4-3-5-7-19/h3-11,20-21H,12-16H2,1-2H3,(H2,28,29,33). The molecule has 1 fully saturated rings. The maximum absolute atomic E-state index is 13.5. The van der Waals surface area contributed by atoms with Gasteiger partial charge in [-0.2, -0.15) is 5.10 Å². The molecule has 0 aliphatic carbocycles. The number of ether oxygens (including phenoxy) is 2. The van der Waals surface area contributed by atoms with Crippen LogP contribution >= 0.6 is 11.6 Å². The Labute approximate surface area is 209 Å². The van der Waals surface area contributed by atoms with Gasteiger partial charge >= 0.3 is 6.03 Å². The van der Waals surface area contributed by atoms with Crippen molar-refractivity contribution in [1.29, 1.82) is 0 Å². The Bertz CT molecular complexity index is 1130. The number of amides is 2. The van der Waals surface area contributed by atoms with E-state index in [0.717, 1.165) is 24.3 Å². The lowest BCUT2D eigenvalue weighted by Crippen LogP contribution is -2.42. The SMILES string of the molecule is COCCN1CC(NC(=O)Nc2c(Cl)c(COC)nn2-c2ccccc2)C(c2ccc(F)cc2)C1. The second kappa shape index (κ2) is 11.6. The highest BCUT2D eigenvalue weighted by Gasteiger charge is 2.35. The summed E-state index contributed by atoms with van der Waals surface area (Å²) in [5.41, 5.74) is 2.23. The number of methoxy groups -OCH3 is 2. The van der Waals surface area contributed by atoms with Gasteiger partial charge in [-0.25, -0.2) is 13.9 Å². The lowest BCUT2D eigenvalue weighted by atomic mass is 9.94. The number of nitrogens with zero attached hydrogens (tertiary/aromatic N) is 3. The monoisotopic (exact) mass is 501 g/mol. The van der Waals surface area contributed by atoms with Crippen molar-refractivity contribution >= 4 is 23.4 Å². The Morgan fingerprint density at radius 2 is 1.86 bits per heavy atom. The number of carbonyl (C=O) groups excluding carboxylic acids is 1. The molecule has 0 spiro atoms. The Morgan fingerprint density at radius 3 is 2.54 bits per heavy atom. The normalized spacial score (nSPS) is 18.1. The molecule has 0 radical (unpaired) electrons. The van der Waals surface area contributed by atoms with Crippen LogP contribution in [0.5, 0.6) is 0 Å². The van der Waals surface area contributed by atoms with Crippen LogP contribution in [-0.4, -0.2) is 67.2 Å². The molecular formula is C25H29ClFN5O3. The number of benzene rings is 2. The molecule has 35 heavy (non-hydrogen) atoms. The number of nitrogens with one attached hydrogen (secondary N) is 2. The fourth-order valence-corrected chi connectivity index (χ4v) is 4.55. The lowest BCUT2D eigenvalue weighted by molar-refractivity contribution is 0.159. The first kappa shape index (κ1) is 25.1. The van der Waals surface area contributed by atoms with E-state index in [4.69, 9.17) is 21.1 Å². The van der Waals surface area contributed by atoms with Gasteiger partial charge in [-0.05, 0) is 29.8 Å². The summed E-state index contributed by atoms with van der Waals surface area (Å²) in [6, 6.07) is 15.2. The minimum atomic E-state index is -0.404. The van der Waals surface area contributed by atoms with Gasteiger partial charge in [0.2, 0.25) is 0 Å². The van der Waals surface area contributed by atoms with Crippen LogP contribution in [0.2, 0.25) is 5.02 Å². The van der Waals surface area contributed by atoms with E-state index in [-0.39, 0.29) is 24.4 Å². The van der Waals surface area contributed by atoms with Crippen molar-refractivity contribution < 1.29 is 18.7 Å². The number of urea groups is 1. The van der Waals surface area contributed by atoms with Gasteiger partial charge in [0.05, 0.1) is 24.9 Å². The van der Waals surface area contributed by atoms with Crippen LogP contribution in [0.25, 0.3) is 5.69 Å². The van der Waals surface area contributed by atoms with Gasteiger partial charge in [0.1, 0.15) is 16.5 Å². The summed E-state index contributed by atoms with van der Waals surface area (Å²) in [4.78, 5) is 15.4. The van der Waals surface area contributed by atoms with Crippen LogP contribution in [0, 0.1) is 5.82 Å². The average Bonchev–Trinajstić information content (AvgIpc) is 3.40. The van der Waals surface area contributed by atoms with E-state index in [9.17, 15) is 9.18 Å². The lowest BCUT2D eigenvalue weighted by Gasteiger charge is -2.21. The van der Waals surface area contributed by atoms with E-state index in [1.54, 1.807) is 31.0 Å². The van der Waals surface area contributed by atoms with Crippen LogP contribution in [-0.2, 0) is 16.1 Å². The van der Waals surface area contributed by atoms with Crippen LogP contribution in [0.4, 0.5) is 15.0 Å². The summed E-state index contributed by atoms with van der Waals surface area (Å²) >= 11 is 6.58. The first-order valence-corrected chi connectivity index (χ1v) is 11.7. The first-order valence-electron chi connectivity index (χ1n) is 11.4. The quantitative estimate of drug-likeness (QED) is 0.462. The van der Waals surface area contributed by atoms with Gasteiger partial charge in [-0.3, -0.25) is 10.2 Å². The fraction of sp³-hybridized carbons (Fsp3) is 0.360. The van der Waals surface area contributed by atoms with E-state index < -0.39 is 6.03 Å². The minimum absolute atomic E-state index is 0.00300. The molecule has 8 nitrogen and oxygen atoms in total. The van der Waals surface area contributed by atoms with Crippen molar-refractivity contribution in [3.8, 4) is 5.69 Å². The molecular weight excluding hydrogens is 473 g/mol. The summed E-state index contributed by atoms with van der Waals surface area (Å²) in [6.07, 6.45) is 0. The summed E-state index contributed by atoms with van der Waals surface area (Å²) in [7, 11) is 3.22. The summed E-state index contributed by atoms with van der Waals surface area (Å²) in [5.74, 6) is 0.0627. The zero-order valence-corrected chi connectivity index (χ0v) is 20.5. The van der Waals surface area contributed by atoms with Crippen molar-refractivity contribution in [3.63, 3.8) is 0 Å². The van der Waals surface area contributed by atoms with E-state index in [2.05, 4.69) is 20.6 Å². The first-order chi connectivity index (χ1) is 17.0. The third-order valence-corrected chi connectivity index (χ3v) is 6.43. The Hall–Kier alpha value is -2.98. The van der Waals surface area contributed by atoms with E-state index in [1.165, 1.54) is 12.1 Å². The Morgan fingerprint density at radius 1 is 1.11 bits per heavy atom. The number of aromatic nitrogens is 2. The van der Waals surface area contributed by atoms with E-state index in [0.29, 0.717) is 29.7 Å². The van der Waals surface area contributed by atoms with Gasteiger partial charge in [-0.1, -0.05) is 41.9 Å². The Balaban J connectivity index is 1.55. The highest BCUT2D eigenvalue weighted by Crippen LogP contribution is 2.31. The molecule has 3 aromatic rings. The number of rotatable bonds is 9. The molecule has 2 heterocycles. The molecule has 1 saturated heterocycles. The number of carbonyl (C=O) groups is 1. The summed E-state index contributed by atoms with van der Waals surface area (Å²) in [5, 5.41) is 10.8. The number of anilines is 1. The van der Waals surface area contributed by atoms with Gasteiger partial charge in [0.15, 0.2) is 5.82 Å². The average molecular weight is 502 g/mol. The summed E-state index contributed by atoms with van der Waals surface area (Å²) in [6.45, 7) is 2.89. The molecule has 4 rings (SSSR count). The van der Waals surface area contributed by atoms with Crippen molar-refractivity contribution in [2.45, 2.75) is 18.6 Å². The zero-order valence-electron chi connectivity index (χ0n) is 19.7. The van der Waals surface area contributed by atoms with Gasteiger partial charge in [0.25, 0.3) is 0 Å². The smallest absolute Gasteiger partial charge is 0.320 e. The van der Waals surface area contributed by atoms with Gasteiger partial charge in [-0.15, -0.1) is 0 Å². The molecule has 1 aliphatic heterocycles. The highest BCUT2D eigenvalue weighted by molar-refractivity contribution is 6.34. The van der Waals surface area contributed by atoms with Crippen LogP contribution in [0.1, 0.15) is 17.2 Å². The molecule has 2 unspecified atom stereocenters. The molecule has 2 aromatic carbocycles. The predicted molar refractivity (Wildman–Crippen MR) is 133 cm³/mol. The van der Waals surface area contributed by atoms with Crippen LogP contribution in [0.15, 0.2) is 54.6 Å². The second-order valence-corrected chi connectivity index (χ2v) is 8.78. The Kier molecular flexibility index (Phi) is 8.35. The number of likely N-dealkylation sites (tertiary alicyclic amines) is 1. The highest BCUT2D eigenvalue weighted by atomic mass is 35.5. The van der Waals surface area contributed by atoms with Gasteiger partial charge in [0, 0.05) is 39.8 Å². The van der Waals surface area contributed by atoms with Crippen LogP contribution < -0.4 is 10.6 Å². The number of hydrogen-bond donors (Lipinski definition) is 2. The van der Waals surface area contributed by atoms with E-state index >= 15 is 0 Å². The molecule has 186 valence electrons. The molecule has 10 heteroatoms. The molecule has 0 bridgehead atoms. The maximum Gasteiger partial charge on any atom is 0.320 e. The molecule has 1 aromatic heterocycles. The fourth-order valence-electron chi connectivity index (χ4n) is 4.33. The molecule has 2 atom stereocenters. The van der Waals surface area contributed by atoms with E-state index in [1.807, 2.05) is 30.3 Å². The third kappa shape index (κ3) is 5.99. The summed E-state index contributed by atoms with van der Waals surface area (Å²) < 4.78 is 25.5. The maximum atomic E-state index is 13.5. The molecule has 2 N–H and O–H groups in total. The van der Waals surface area contributed by atoms with Crippen molar-refractivity contribution in [1.82, 2.24) is 20.0 Å². The second-order valence-electron chi connectivity index (χ2n) is 8.41. The topological polar surface area (TPSA) is 80.7 Å². The zero-order chi connectivity index (χ0) is 24.8. The largest absolute Gasteiger partial charge is 0.383 e. The van der Waals surface area contributed by atoms with Crippen LogP contribution in [0.3, 0.4) is 0 Å². The molecule has 2 amide bonds. The number of hydrogen-bond acceptors (Lipinski definition) is 5. The van der Waals surface area contributed by atoms with Gasteiger partial charge < -0.3 is 14.8 Å². The van der Waals surface area contributed by atoms with Crippen molar-refractivity contribution in [3.05, 3.63) is 76.7 Å².